The Morgan fingerprint density at radius 1 is 1.06 bits per heavy atom. The average molecular weight is 454 g/mol. The maximum Gasteiger partial charge on any atom is 0.325 e. The molecule has 180 valence electrons. The molecule has 0 aliphatic carbocycles. The Kier molecular flexibility index (Phi) is 11.3. The first kappa shape index (κ1) is 27.0. The highest BCUT2D eigenvalue weighted by molar-refractivity contribution is 5.94. The van der Waals surface area contributed by atoms with Crippen LogP contribution in [0.2, 0.25) is 0 Å². The van der Waals surface area contributed by atoms with Crippen LogP contribution in [-0.4, -0.2) is 69.5 Å². The highest BCUT2D eigenvalue weighted by Gasteiger charge is 2.31. The summed E-state index contributed by atoms with van der Waals surface area (Å²) in [7, 11) is 0. The number of nitrogens with one attached hydrogen (secondary N) is 4. The SMILES string of the molecule is CC(NC(=O)C(Cc1cnc[nH]1)NC(=O)C(NC(=O)C(N)CCCCN)C(C)C)C(=O)O. The van der Waals surface area contributed by atoms with Gasteiger partial charge in [0.05, 0.1) is 12.4 Å². The molecule has 1 aromatic heterocycles. The lowest BCUT2D eigenvalue weighted by Crippen LogP contribution is -2.58. The molecular formula is C20H35N7O5. The summed E-state index contributed by atoms with van der Waals surface area (Å²) in [5.74, 6) is -3.21. The van der Waals surface area contributed by atoms with Crippen molar-refractivity contribution in [3.8, 4) is 0 Å². The lowest BCUT2D eigenvalue weighted by atomic mass is 10.0. The van der Waals surface area contributed by atoms with Crippen LogP contribution in [0.15, 0.2) is 12.5 Å². The van der Waals surface area contributed by atoms with Crippen molar-refractivity contribution in [2.75, 3.05) is 6.54 Å². The van der Waals surface area contributed by atoms with Gasteiger partial charge in [0.25, 0.3) is 0 Å². The van der Waals surface area contributed by atoms with E-state index in [9.17, 15) is 19.2 Å². The van der Waals surface area contributed by atoms with Gasteiger partial charge in [0.15, 0.2) is 0 Å². The molecule has 9 N–H and O–H groups in total. The van der Waals surface area contributed by atoms with Crippen LogP contribution in [-0.2, 0) is 25.6 Å². The van der Waals surface area contributed by atoms with Gasteiger partial charge in [-0.1, -0.05) is 20.3 Å². The Hall–Kier alpha value is -2.99. The summed E-state index contributed by atoms with van der Waals surface area (Å²) < 4.78 is 0. The number of imidazole rings is 1. The second-order valence-electron chi connectivity index (χ2n) is 8.03. The van der Waals surface area contributed by atoms with Crippen LogP contribution in [0.25, 0.3) is 0 Å². The first-order valence-electron chi connectivity index (χ1n) is 10.6. The molecule has 1 aromatic rings. The molecule has 0 aliphatic heterocycles. The van der Waals surface area contributed by atoms with Crippen molar-refractivity contribution >= 4 is 23.7 Å². The van der Waals surface area contributed by atoms with E-state index in [0.717, 1.165) is 6.42 Å². The van der Waals surface area contributed by atoms with Gasteiger partial charge in [-0.05, 0) is 32.2 Å². The van der Waals surface area contributed by atoms with Gasteiger partial charge in [-0.2, -0.15) is 0 Å². The number of H-pyrrole nitrogens is 1. The summed E-state index contributed by atoms with van der Waals surface area (Å²) in [4.78, 5) is 55.9. The van der Waals surface area contributed by atoms with E-state index >= 15 is 0 Å². The fraction of sp³-hybridized carbons (Fsp3) is 0.650. The van der Waals surface area contributed by atoms with E-state index in [4.69, 9.17) is 16.6 Å². The Morgan fingerprint density at radius 3 is 2.28 bits per heavy atom. The largest absolute Gasteiger partial charge is 0.480 e. The van der Waals surface area contributed by atoms with Crippen LogP contribution in [0.3, 0.4) is 0 Å². The molecule has 0 fully saturated rings. The predicted molar refractivity (Wildman–Crippen MR) is 117 cm³/mol. The number of carboxylic acid groups (broad SMARTS) is 1. The summed E-state index contributed by atoms with van der Waals surface area (Å²) in [6.45, 7) is 5.33. The quantitative estimate of drug-likeness (QED) is 0.167. The summed E-state index contributed by atoms with van der Waals surface area (Å²) >= 11 is 0. The number of amides is 3. The third-order valence-corrected chi connectivity index (χ3v) is 4.89. The second-order valence-corrected chi connectivity index (χ2v) is 8.03. The number of aliphatic carboxylic acids is 1. The number of aromatic amines is 1. The Bertz CT molecular complexity index is 754. The third-order valence-electron chi connectivity index (χ3n) is 4.89. The molecule has 1 heterocycles. The highest BCUT2D eigenvalue weighted by Crippen LogP contribution is 2.07. The molecule has 32 heavy (non-hydrogen) atoms. The van der Waals surface area contributed by atoms with Crippen LogP contribution in [0, 0.1) is 5.92 Å². The van der Waals surface area contributed by atoms with E-state index in [1.54, 1.807) is 13.8 Å². The van der Waals surface area contributed by atoms with Gasteiger partial charge >= 0.3 is 5.97 Å². The maximum atomic E-state index is 13.0. The van der Waals surface area contributed by atoms with Crippen molar-refractivity contribution in [1.82, 2.24) is 25.9 Å². The van der Waals surface area contributed by atoms with Gasteiger partial charge in [-0.3, -0.25) is 19.2 Å². The monoisotopic (exact) mass is 453 g/mol. The Labute approximate surface area is 187 Å². The minimum Gasteiger partial charge on any atom is -0.480 e. The van der Waals surface area contributed by atoms with Crippen molar-refractivity contribution in [2.24, 2.45) is 17.4 Å². The highest BCUT2D eigenvalue weighted by atomic mass is 16.4. The molecule has 3 amide bonds. The summed E-state index contributed by atoms with van der Waals surface area (Å²) in [6.07, 6.45) is 4.85. The number of hydrogen-bond acceptors (Lipinski definition) is 7. The average Bonchev–Trinajstić information content (AvgIpc) is 3.23. The van der Waals surface area contributed by atoms with E-state index in [1.165, 1.54) is 19.4 Å². The molecule has 0 saturated heterocycles. The van der Waals surface area contributed by atoms with E-state index in [-0.39, 0.29) is 12.3 Å². The van der Waals surface area contributed by atoms with Gasteiger partial charge in [0.2, 0.25) is 17.7 Å². The number of unbranched alkanes of at least 4 members (excludes halogenated alkanes) is 1. The van der Waals surface area contributed by atoms with Crippen molar-refractivity contribution in [2.45, 2.75) is 70.6 Å². The zero-order valence-corrected chi connectivity index (χ0v) is 18.8. The van der Waals surface area contributed by atoms with E-state index in [1.807, 2.05) is 0 Å². The molecule has 0 spiro atoms. The summed E-state index contributed by atoms with van der Waals surface area (Å²) in [5, 5.41) is 16.7. The number of hydrogen-bond donors (Lipinski definition) is 7. The number of aromatic nitrogens is 2. The zero-order chi connectivity index (χ0) is 24.3. The van der Waals surface area contributed by atoms with Crippen molar-refractivity contribution in [3.05, 3.63) is 18.2 Å². The molecule has 1 rings (SSSR count). The molecule has 12 nitrogen and oxygen atoms in total. The van der Waals surface area contributed by atoms with E-state index in [0.29, 0.717) is 25.1 Å². The predicted octanol–water partition coefficient (Wildman–Crippen LogP) is -1.38. The van der Waals surface area contributed by atoms with Crippen LogP contribution in [0.5, 0.6) is 0 Å². The normalized spacial score (nSPS) is 14.8. The molecule has 12 heteroatoms. The first-order chi connectivity index (χ1) is 15.1. The number of carbonyl (C=O) groups excluding carboxylic acids is 3. The van der Waals surface area contributed by atoms with Crippen LogP contribution < -0.4 is 27.4 Å². The molecular weight excluding hydrogens is 418 g/mol. The van der Waals surface area contributed by atoms with Crippen LogP contribution >= 0.6 is 0 Å². The second kappa shape index (κ2) is 13.4. The van der Waals surface area contributed by atoms with Gasteiger partial charge in [0, 0.05) is 18.3 Å². The third kappa shape index (κ3) is 9.02. The molecule has 0 aliphatic rings. The standard InChI is InChI=1S/C20H35N7O5/c1-11(2)16(27-17(28)14(22)6-4-5-7-21)19(30)26-15(8-13-9-23-10-24-13)18(29)25-12(3)20(31)32/h9-12,14-16H,4-8,21-22H2,1-3H3,(H,23,24)(H,25,29)(H,26,30)(H,27,28)(H,31,32). The molecule has 4 unspecified atom stereocenters. The summed E-state index contributed by atoms with van der Waals surface area (Å²) in [6, 6.07) is -3.94. The number of nitrogens with two attached hydrogens (primary N) is 2. The minimum absolute atomic E-state index is 0.0568. The molecule has 4 atom stereocenters. The topological polar surface area (TPSA) is 205 Å². The van der Waals surface area contributed by atoms with E-state index in [2.05, 4.69) is 25.9 Å². The van der Waals surface area contributed by atoms with Gasteiger partial charge in [0.1, 0.15) is 18.1 Å². The molecule has 0 saturated carbocycles. The van der Waals surface area contributed by atoms with Crippen molar-refractivity contribution in [3.63, 3.8) is 0 Å². The Morgan fingerprint density at radius 2 is 1.75 bits per heavy atom. The number of carbonyl (C=O) groups is 4. The first-order valence-corrected chi connectivity index (χ1v) is 10.6. The lowest BCUT2D eigenvalue weighted by molar-refractivity contribution is -0.141. The maximum absolute atomic E-state index is 13.0. The van der Waals surface area contributed by atoms with Gasteiger partial charge in [-0.25, -0.2) is 4.98 Å². The van der Waals surface area contributed by atoms with Crippen molar-refractivity contribution in [1.29, 1.82) is 0 Å². The fourth-order valence-corrected chi connectivity index (χ4v) is 2.90. The number of carboxylic acids is 1. The molecule has 0 radical (unpaired) electrons. The Balaban J connectivity index is 2.89. The van der Waals surface area contributed by atoms with Gasteiger partial charge in [-0.15, -0.1) is 0 Å². The van der Waals surface area contributed by atoms with Crippen molar-refractivity contribution < 1.29 is 24.3 Å². The molecule has 0 aromatic carbocycles. The smallest absolute Gasteiger partial charge is 0.325 e. The summed E-state index contributed by atoms with van der Waals surface area (Å²) in [5.41, 5.74) is 11.9. The minimum atomic E-state index is -1.21. The number of nitrogens with zero attached hydrogens (tertiary/aromatic N) is 1. The zero-order valence-electron chi connectivity index (χ0n) is 18.8. The van der Waals surface area contributed by atoms with Crippen LogP contribution in [0.4, 0.5) is 0 Å². The van der Waals surface area contributed by atoms with Gasteiger partial charge < -0.3 is 37.5 Å². The lowest BCUT2D eigenvalue weighted by Gasteiger charge is -2.26. The fourth-order valence-electron chi connectivity index (χ4n) is 2.90. The van der Waals surface area contributed by atoms with E-state index < -0.39 is 47.9 Å². The number of rotatable bonds is 14. The molecule has 0 bridgehead atoms. The van der Waals surface area contributed by atoms with Crippen LogP contribution in [0.1, 0.15) is 45.7 Å².